The van der Waals surface area contributed by atoms with E-state index in [1.54, 1.807) is 12.4 Å². The lowest BCUT2D eigenvalue weighted by Crippen LogP contribution is -2.59. The molecular weight excluding hydrogens is 248 g/mol. The molecule has 0 amide bonds. The fraction of sp³-hybridized carbons (Fsp3) is 0.692. The molecule has 2 aliphatic heterocycles. The molecule has 2 unspecified atom stereocenters. The number of anilines is 1. The van der Waals surface area contributed by atoms with E-state index in [2.05, 4.69) is 26.7 Å². The summed E-state index contributed by atoms with van der Waals surface area (Å²) in [4.78, 5) is 13.5. The summed E-state index contributed by atoms with van der Waals surface area (Å²) in [7, 11) is 0. The molecular formula is C13H19ClN4. The van der Waals surface area contributed by atoms with Crippen LogP contribution in [0.4, 0.5) is 5.82 Å². The third kappa shape index (κ3) is 2.19. The van der Waals surface area contributed by atoms with Gasteiger partial charge in [-0.2, -0.15) is 0 Å². The van der Waals surface area contributed by atoms with E-state index in [-0.39, 0.29) is 0 Å². The normalized spacial score (nSPS) is 29.1. The van der Waals surface area contributed by atoms with Gasteiger partial charge in [0.25, 0.3) is 0 Å². The number of aromatic nitrogens is 2. The summed E-state index contributed by atoms with van der Waals surface area (Å²) in [5.74, 6) is 0.844. The molecule has 1 aromatic heterocycles. The van der Waals surface area contributed by atoms with Gasteiger partial charge in [0.05, 0.1) is 0 Å². The van der Waals surface area contributed by atoms with Crippen molar-refractivity contribution in [2.24, 2.45) is 0 Å². The average molecular weight is 267 g/mol. The van der Waals surface area contributed by atoms with Crippen molar-refractivity contribution in [3.8, 4) is 0 Å². The van der Waals surface area contributed by atoms with E-state index in [9.17, 15) is 0 Å². The van der Waals surface area contributed by atoms with Gasteiger partial charge in [0, 0.05) is 37.6 Å². The predicted octanol–water partition coefficient (Wildman–Crippen LogP) is 2.19. The van der Waals surface area contributed by atoms with E-state index in [1.807, 2.05) is 0 Å². The fourth-order valence-corrected chi connectivity index (χ4v) is 3.37. The van der Waals surface area contributed by atoms with Gasteiger partial charge < -0.3 is 4.90 Å². The molecule has 0 radical (unpaired) electrons. The molecule has 0 saturated carbocycles. The monoisotopic (exact) mass is 266 g/mol. The largest absolute Gasteiger partial charge is 0.348 e. The Morgan fingerprint density at radius 2 is 2.06 bits per heavy atom. The van der Waals surface area contributed by atoms with E-state index in [4.69, 9.17) is 11.6 Å². The zero-order chi connectivity index (χ0) is 12.5. The second-order valence-corrected chi connectivity index (χ2v) is 5.67. The van der Waals surface area contributed by atoms with Gasteiger partial charge in [0.15, 0.2) is 11.0 Å². The highest BCUT2D eigenvalue weighted by atomic mass is 35.5. The fourth-order valence-electron chi connectivity index (χ4n) is 3.15. The van der Waals surface area contributed by atoms with Crippen molar-refractivity contribution in [2.45, 2.75) is 38.3 Å². The maximum Gasteiger partial charge on any atom is 0.171 e. The van der Waals surface area contributed by atoms with Crippen molar-refractivity contribution in [1.29, 1.82) is 0 Å². The molecule has 5 heteroatoms. The zero-order valence-corrected chi connectivity index (χ0v) is 11.5. The first-order valence-corrected chi connectivity index (χ1v) is 7.10. The number of piperidine rings is 1. The van der Waals surface area contributed by atoms with Gasteiger partial charge in [-0.1, -0.05) is 18.0 Å². The summed E-state index contributed by atoms with van der Waals surface area (Å²) in [6.45, 7) is 5.63. The molecule has 0 N–H and O–H groups in total. The van der Waals surface area contributed by atoms with E-state index < -0.39 is 0 Å². The molecule has 18 heavy (non-hydrogen) atoms. The highest BCUT2D eigenvalue weighted by Gasteiger charge is 2.34. The Balaban J connectivity index is 1.82. The molecule has 0 aliphatic carbocycles. The van der Waals surface area contributed by atoms with Crippen molar-refractivity contribution >= 4 is 17.4 Å². The summed E-state index contributed by atoms with van der Waals surface area (Å²) in [5, 5.41) is 0.522. The third-order valence-corrected chi connectivity index (χ3v) is 4.36. The summed E-state index contributed by atoms with van der Waals surface area (Å²) in [5.41, 5.74) is 0. The van der Waals surface area contributed by atoms with Crippen LogP contribution in [0.2, 0.25) is 5.15 Å². The van der Waals surface area contributed by atoms with Gasteiger partial charge in [-0.05, 0) is 26.3 Å². The van der Waals surface area contributed by atoms with E-state index in [0.29, 0.717) is 17.2 Å². The number of hydrogen-bond donors (Lipinski definition) is 0. The summed E-state index contributed by atoms with van der Waals surface area (Å²) < 4.78 is 0. The maximum absolute atomic E-state index is 6.17. The molecule has 3 heterocycles. The van der Waals surface area contributed by atoms with Crippen molar-refractivity contribution < 1.29 is 0 Å². The van der Waals surface area contributed by atoms with Crippen LogP contribution in [-0.2, 0) is 0 Å². The van der Waals surface area contributed by atoms with Crippen LogP contribution in [0.5, 0.6) is 0 Å². The predicted molar refractivity (Wildman–Crippen MR) is 73.1 cm³/mol. The summed E-state index contributed by atoms with van der Waals surface area (Å²) in [6.07, 6.45) is 7.35. The molecule has 2 saturated heterocycles. The van der Waals surface area contributed by atoms with Crippen LogP contribution in [0, 0.1) is 0 Å². The summed E-state index contributed by atoms with van der Waals surface area (Å²) in [6, 6.07) is 1.11. The Bertz CT molecular complexity index is 425. The Labute approximate surface area is 113 Å². The molecule has 3 rings (SSSR count). The van der Waals surface area contributed by atoms with Crippen LogP contribution in [0.1, 0.15) is 26.2 Å². The second-order valence-electron chi connectivity index (χ2n) is 5.32. The first-order chi connectivity index (χ1) is 8.75. The Kier molecular flexibility index (Phi) is 3.39. The van der Waals surface area contributed by atoms with Gasteiger partial charge in [0.1, 0.15) is 0 Å². The maximum atomic E-state index is 6.17. The van der Waals surface area contributed by atoms with Crippen LogP contribution >= 0.6 is 11.6 Å². The van der Waals surface area contributed by atoms with Crippen LogP contribution in [-0.4, -0.2) is 46.6 Å². The SMILES string of the molecule is CC1CN2CCCCC2CN1c1nccnc1Cl. The third-order valence-electron chi connectivity index (χ3n) is 4.10. The first kappa shape index (κ1) is 12.2. The van der Waals surface area contributed by atoms with Gasteiger partial charge in [-0.3, -0.25) is 4.90 Å². The van der Waals surface area contributed by atoms with Crippen LogP contribution in [0.15, 0.2) is 12.4 Å². The van der Waals surface area contributed by atoms with Crippen LogP contribution in [0.25, 0.3) is 0 Å². The molecule has 2 atom stereocenters. The molecule has 1 aromatic rings. The minimum atomic E-state index is 0.452. The van der Waals surface area contributed by atoms with Crippen molar-refractivity contribution in [3.05, 3.63) is 17.5 Å². The highest BCUT2D eigenvalue weighted by molar-refractivity contribution is 6.31. The molecule has 2 fully saturated rings. The number of rotatable bonds is 1. The number of halogens is 1. The number of hydrogen-bond acceptors (Lipinski definition) is 4. The topological polar surface area (TPSA) is 32.3 Å². The number of nitrogens with zero attached hydrogens (tertiary/aromatic N) is 4. The quantitative estimate of drug-likeness (QED) is 0.780. The lowest BCUT2D eigenvalue weighted by Gasteiger charge is -2.48. The highest BCUT2D eigenvalue weighted by Crippen LogP contribution is 2.29. The second kappa shape index (κ2) is 5.02. The standard InChI is InChI=1S/C13H19ClN4/c1-10-8-17-7-3-2-4-11(17)9-18(10)13-12(14)15-5-6-16-13/h5-6,10-11H,2-4,7-9H2,1H3. The minimum absolute atomic E-state index is 0.452. The Morgan fingerprint density at radius 1 is 1.22 bits per heavy atom. The van der Waals surface area contributed by atoms with Gasteiger partial charge in [-0.15, -0.1) is 0 Å². The number of piperazine rings is 1. The van der Waals surface area contributed by atoms with Crippen molar-refractivity contribution in [3.63, 3.8) is 0 Å². The lowest BCUT2D eigenvalue weighted by atomic mass is 9.97. The van der Waals surface area contributed by atoms with Crippen molar-refractivity contribution in [1.82, 2.24) is 14.9 Å². The van der Waals surface area contributed by atoms with Gasteiger partial charge in [-0.25, -0.2) is 9.97 Å². The van der Waals surface area contributed by atoms with Crippen LogP contribution in [0.3, 0.4) is 0 Å². The molecule has 0 spiro atoms. The molecule has 0 bridgehead atoms. The van der Waals surface area contributed by atoms with E-state index >= 15 is 0 Å². The zero-order valence-electron chi connectivity index (χ0n) is 10.7. The Morgan fingerprint density at radius 3 is 2.89 bits per heavy atom. The number of fused-ring (bicyclic) bond motifs is 1. The lowest BCUT2D eigenvalue weighted by molar-refractivity contribution is 0.115. The smallest absolute Gasteiger partial charge is 0.171 e. The Hall–Kier alpha value is -0.870. The van der Waals surface area contributed by atoms with Crippen LogP contribution < -0.4 is 4.90 Å². The first-order valence-electron chi connectivity index (χ1n) is 6.73. The van der Waals surface area contributed by atoms with Gasteiger partial charge in [0.2, 0.25) is 0 Å². The van der Waals surface area contributed by atoms with Crippen molar-refractivity contribution in [2.75, 3.05) is 24.5 Å². The molecule has 0 aromatic carbocycles. The van der Waals surface area contributed by atoms with E-state index in [1.165, 1.54) is 25.8 Å². The molecule has 98 valence electrons. The molecule has 4 nitrogen and oxygen atoms in total. The summed E-state index contributed by atoms with van der Waals surface area (Å²) >= 11 is 6.17. The average Bonchev–Trinajstić information content (AvgIpc) is 2.39. The minimum Gasteiger partial charge on any atom is -0.348 e. The van der Waals surface area contributed by atoms with E-state index in [0.717, 1.165) is 18.9 Å². The molecule has 2 aliphatic rings. The van der Waals surface area contributed by atoms with Gasteiger partial charge >= 0.3 is 0 Å².